The Labute approximate surface area is 94.8 Å². The molecule has 15 heavy (non-hydrogen) atoms. The lowest BCUT2D eigenvalue weighted by Gasteiger charge is -2.20. The van der Waals surface area contributed by atoms with Crippen molar-refractivity contribution >= 4 is 25.9 Å². The fraction of sp³-hybridized carbons (Fsp3) is 0.300. The number of carbonyl (C=O) groups is 1. The van der Waals surface area contributed by atoms with E-state index < -0.39 is 14.3 Å². The third-order valence-electron chi connectivity index (χ3n) is 1.59. The van der Waals surface area contributed by atoms with E-state index in [0.717, 1.165) is 0 Å². The highest BCUT2D eigenvalue weighted by molar-refractivity contribution is 6.70. The van der Waals surface area contributed by atoms with Crippen LogP contribution in [0.4, 0.5) is 0 Å². The molecular weight excluding hydrogens is 232 g/mol. The summed E-state index contributed by atoms with van der Waals surface area (Å²) in [5, 5.41) is 9.26. The van der Waals surface area contributed by atoms with Crippen LogP contribution in [0.5, 0.6) is 5.75 Å². The average Bonchev–Trinajstić information content (AvgIpc) is 2.06. The third-order valence-corrected chi connectivity index (χ3v) is 2.74. The van der Waals surface area contributed by atoms with Crippen LogP contribution in [-0.2, 0) is 0 Å². The normalized spacial score (nSPS) is 11.2. The second-order valence-electron chi connectivity index (χ2n) is 4.16. The van der Waals surface area contributed by atoms with E-state index in [2.05, 4.69) is 0 Å². The smallest absolute Gasteiger partial charge is 0.335 e. The van der Waals surface area contributed by atoms with Gasteiger partial charge in [-0.2, -0.15) is 0 Å². The summed E-state index contributed by atoms with van der Waals surface area (Å²) in [4.78, 5) is 10.7. The summed E-state index contributed by atoms with van der Waals surface area (Å²) in [5.41, 5.74) is 0.188. The molecule has 82 valence electrons. The molecule has 0 radical (unpaired) electrons. The molecule has 1 rings (SSSR count). The largest absolute Gasteiger partial charge is 0.543 e. The van der Waals surface area contributed by atoms with Gasteiger partial charge in [0.1, 0.15) is 5.75 Å². The summed E-state index contributed by atoms with van der Waals surface area (Å²) in [6.45, 7) is 6.03. The molecule has 0 aliphatic rings. The second-order valence-corrected chi connectivity index (χ2v) is 9.00. The van der Waals surface area contributed by atoms with Crippen LogP contribution in [-0.4, -0.2) is 19.4 Å². The van der Waals surface area contributed by atoms with Crippen molar-refractivity contribution < 1.29 is 14.3 Å². The van der Waals surface area contributed by atoms with E-state index in [1.807, 2.05) is 19.6 Å². The van der Waals surface area contributed by atoms with Gasteiger partial charge in [-0.1, -0.05) is 11.6 Å². The van der Waals surface area contributed by atoms with Gasteiger partial charge in [-0.05, 0) is 37.8 Å². The average molecular weight is 245 g/mol. The number of benzene rings is 1. The minimum absolute atomic E-state index is 0.188. The van der Waals surface area contributed by atoms with Gasteiger partial charge in [0.2, 0.25) is 8.32 Å². The first kappa shape index (κ1) is 12.1. The van der Waals surface area contributed by atoms with E-state index in [1.54, 1.807) is 6.07 Å². The Kier molecular flexibility index (Phi) is 3.41. The quantitative estimate of drug-likeness (QED) is 0.831. The van der Waals surface area contributed by atoms with Crippen LogP contribution >= 0.6 is 11.6 Å². The summed E-state index contributed by atoms with van der Waals surface area (Å²) in [7, 11) is -1.76. The van der Waals surface area contributed by atoms with Gasteiger partial charge in [0, 0.05) is 0 Å². The van der Waals surface area contributed by atoms with Crippen molar-refractivity contribution in [3.8, 4) is 5.75 Å². The molecular formula is C10H13ClO3Si. The molecule has 0 spiro atoms. The van der Waals surface area contributed by atoms with E-state index in [9.17, 15) is 4.79 Å². The third kappa shape index (κ3) is 3.57. The first-order valence-electron chi connectivity index (χ1n) is 4.51. The molecule has 1 aromatic carbocycles. The van der Waals surface area contributed by atoms with Gasteiger partial charge in [0.25, 0.3) is 0 Å². The summed E-state index contributed by atoms with van der Waals surface area (Å²) in [5.74, 6) is -0.525. The first-order chi connectivity index (χ1) is 6.79. The van der Waals surface area contributed by atoms with Gasteiger partial charge < -0.3 is 9.53 Å². The monoisotopic (exact) mass is 244 g/mol. The zero-order valence-corrected chi connectivity index (χ0v) is 10.6. The van der Waals surface area contributed by atoms with E-state index in [-0.39, 0.29) is 5.56 Å². The first-order valence-corrected chi connectivity index (χ1v) is 8.30. The van der Waals surface area contributed by atoms with Gasteiger partial charge in [0.05, 0.1) is 10.6 Å². The molecule has 0 saturated carbocycles. The number of hydrogen-bond acceptors (Lipinski definition) is 2. The maximum atomic E-state index is 10.7. The Hall–Kier alpha value is -1.00. The zero-order chi connectivity index (χ0) is 11.6. The Morgan fingerprint density at radius 2 is 2.00 bits per heavy atom. The number of halogens is 1. The number of carboxylic acids is 1. The van der Waals surface area contributed by atoms with Crippen LogP contribution < -0.4 is 4.43 Å². The molecule has 1 aromatic rings. The topological polar surface area (TPSA) is 46.5 Å². The van der Waals surface area contributed by atoms with Crippen LogP contribution in [0.1, 0.15) is 10.4 Å². The molecule has 0 bridgehead atoms. The van der Waals surface area contributed by atoms with Crippen LogP contribution in [0.15, 0.2) is 18.2 Å². The van der Waals surface area contributed by atoms with Crippen molar-refractivity contribution in [2.24, 2.45) is 0 Å². The molecule has 0 aliphatic carbocycles. The molecule has 0 unspecified atom stereocenters. The Balaban J connectivity index is 3.06. The molecule has 0 heterocycles. The van der Waals surface area contributed by atoms with Crippen molar-refractivity contribution in [2.75, 3.05) is 0 Å². The lowest BCUT2D eigenvalue weighted by atomic mass is 10.2. The van der Waals surface area contributed by atoms with E-state index in [0.29, 0.717) is 10.8 Å². The molecule has 5 heteroatoms. The molecule has 0 fully saturated rings. The number of rotatable bonds is 3. The fourth-order valence-electron chi connectivity index (χ4n) is 1.04. The maximum Gasteiger partial charge on any atom is 0.335 e. The van der Waals surface area contributed by atoms with E-state index >= 15 is 0 Å². The number of hydrogen-bond donors (Lipinski definition) is 1. The maximum absolute atomic E-state index is 10.7. The highest BCUT2D eigenvalue weighted by Gasteiger charge is 2.18. The number of carboxylic acid groups (broad SMARTS) is 1. The Morgan fingerprint density at radius 1 is 1.40 bits per heavy atom. The highest BCUT2D eigenvalue weighted by Crippen LogP contribution is 2.27. The molecule has 0 aliphatic heterocycles. The second kappa shape index (κ2) is 4.24. The predicted octanol–water partition coefficient (Wildman–Crippen LogP) is 3.25. The van der Waals surface area contributed by atoms with Crippen molar-refractivity contribution in [3.63, 3.8) is 0 Å². The van der Waals surface area contributed by atoms with Crippen LogP contribution in [0.3, 0.4) is 0 Å². The SMILES string of the molecule is C[Si](C)(C)Oc1cc(C(=O)O)ccc1Cl. The van der Waals surface area contributed by atoms with Gasteiger partial charge in [0.15, 0.2) is 0 Å². The molecule has 0 saturated heterocycles. The Bertz CT molecular complexity index is 385. The minimum atomic E-state index is -1.76. The summed E-state index contributed by atoms with van der Waals surface area (Å²) in [6, 6.07) is 4.46. The lowest BCUT2D eigenvalue weighted by Crippen LogP contribution is -2.29. The van der Waals surface area contributed by atoms with Gasteiger partial charge in [-0.3, -0.25) is 0 Å². The van der Waals surface area contributed by atoms with Crippen molar-refractivity contribution in [1.29, 1.82) is 0 Å². The van der Waals surface area contributed by atoms with Crippen LogP contribution in [0, 0.1) is 0 Å². The minimum Gasteiger partial charge on any atom is -0.543 e. The summed E-state index contributed by atoms with van der Waals surface area (Å²) < 4.78 is 5.67. The summed E-state index contributed by atoms with van der Waals surface area (Å²) in [6.07, 6.45) is 0. The summed E-state index contributed by atoms with van der Waals surface area (Å²) >= 11 is 5.91. The van der Waals surface area contributed by atoms with Crippen molar-refractivity contribution in [1.82, 2.24) is 0 Å². The molecule has 0 aromatic heterocycles. The van der Waals surface area contributed by atoms with Gasteiger partial charge >= 0.3 is 5.97 Å². The molecule has 1 N–H and O–H groups in total. The van der Waals surface area contributed by atoms with Crippen LogP contribution in [0.2, 0.25) is 24.7 Å². The number of aromatic carboxylic acids is 1. The van der Waals surface area contributed by atoms with Gasteiger partial charge in [-0.25, -0.2) is 4.79 Å². The molecule has 3 nitrogen and oxygen atoms in total. The van der Waals surface area contributed by atoms with Gasteiger partial charge in [-0.15, -0.1) is 0 Å². The fourth-order valence-corrected chi connectivity index (χ4v) is 2.09. The highest BCUT2D eigenvalue weighted by atomic mass is 35.5. The lowest BCUT2D eigenvalue weighted by molar-refractivity contribution is 0.0696. The zero-order valence-electron chi connectivity index (χ0n) is 8.87. The van der Waals surface area contributed by atoms with Crippen LogP contribution in [0.25, 0.3) is 0 Å². The predicted molar refractivity (Wildman–Crippen MR) is 62.4 cm³/mol. The molecule has 0 atom stereocenters. The standard InChI is InChI=1S/C10H13ClO3Si/c1-15(2,3)14-9-6-7(10(12)13)4-5-8(9)11/h4-6H,1-3H3,(H,12,13). The van der Waals surface area contributed by atoms with Crippen molar-refractivity contribution in [2.45, 2.75) is 19.6 Å². The van der Waals surface area contributed by atoms with E-state index in [4.69, 9.17) is 21.1 Å². The molecule has 0 amide bonds. The Morgan fingerprint density at radius 3 is 2.47 bits per heavy atom. The van der Waals surface area contributed by atoms with E-state index in [1.165, 1.54) is 12.1 Å². The van der Waals surface area contributed by atoms with Crippen molar-refractivity contribution in [3.05, 3.63) is 28.8 Å².